The standard InChI is InChI=1S/C20H10N2S2/c21-11-15-17(13-7-3-1-4-8-13)19-18(14-9-5-2-6-10-14)16(12-22)24-20(19)23-15/h1-10H. The molecule has 2 aromatic heterocycles. The Morgan fingerprint density at radius 2 is 1.04 bits per heavy atom. The molecule has 112 valence electrons. The van der Waals surface area contributed by atoms with Gasteiger partial charge in [0.1, 0.15) is 21.9 Å². The van der Waals surface area contributed by atoms with E-state index in [0.29, 0.717) is 9.75 Å². The molecule has 0 N–H and O–H groups in total. The van der Waals surface area contributed by atoms with E-state index in [4.69, 9.17) is 0 Å². The lowest BCUT2D eigenvalue weighted by molar-refractivity contribution is 1.52. The molecular weight excluding hydrogens is 332 g/mol. The number of fused-ring (bicyclic) bond motifs is 1. The Morgan fingerprint density at radius 1 is 0.625 bits per heavy atom. The largest absolute Gasteiger partial charge is 0.192 e. The lowest BCUT2D eigenvalue weighted by Crippen LogP contribution is -1.83. The Bertz CT molecular complexity index is 1020. The van der Waals surface area contributed by atoms with E-state index in [0.717, 1.165) is 31.7 Å². The van der Waals surface area contributed by atoms with Crippen molar-refractivity contribution in [2.75, 3.05) is 0 Å². The van der Waals surface area contributed by atoms with Crippen LogP contribution in [-0.4, -0.2) is 0 Å². The lowest BCUT2D eigenvalue weighted by atomic mass is 9.97. The molecule has 4 heteroatoms. The molecule has 4 rings (SSSR count). The van der Waals surface area contributed by atoms with Gasteiger partial charge in [-0.2, -0.15) is 10.5 Å². The zero-order chi connectivity index (χ0) is 16.5. The molecular formula is C20H10N2S2. The third-order valence-electron chi connectivity index (χ3n) is 3.88. The number of rotatable bonds is 2. The molecule has 0 aliphatic heterocycles. The minimum atomic E-state index is 0.698. The number of hydrogen-bond donors (Lipinski definition) is 0. The summed E-state index contributed by atoms with van der Waals surface area (Å²) in [5, 5.41) is 20.2. The van der Waals surface area contributed by atoms with Crippen LogP contribution in [0, 0.1) is 22.7 Å². The molecule has 4 aromatic rings. The van der Waals surface area contributed by atoms with Gasteiger partial charge in [0.2, 0.25) is 0 Å². The summed E-state index contributed by atoms with van der Waals surface area (Å²) in [5.41, 5.74) is 3.91. The van der Waals surface area contributed by atoms with Gasteiger partial charge in [0.25, 0.3) is 0 Å². The van der Waals surface area contributed by atoms with Gasteiger partial charge in [0.15, 0.2) is 0 Å². The third-order valence-corrected chi connectivity index (χ3v) is 6.15. The van der Waals surface area contributed by atoms with Crippen molar-refractivity contribution in [1.29, 1.82) is 10.5 Å². The molecule has 0 saturated carbocycles. The van der Waals surface area contributed by atoms with E-state index >= 15 is 0 Å². The van der Waals surface area contributed by atoms with Crippen LogP contribution in [0.2, 0.25) is 0 Å². The first-order valence-electron chi connectivity index (χ1n) is 7.34. The number of benzene rings is 2. The van der Waals surface area contributed by atoms with E-state index in [1.54, 1.807) is 0 Å². The summed E-state index contributed by atoms with van der Waals surface area (Å²) in [6, 6.07) is 24.5. The molecule has 0 atom stereocenters. The highest BCUT2D eigenvalue weighted by Crippen LogP contribution is 2.49. The van der Waals surface area contributed by atoms with Crippen molar-refractivity contribution in [2.24, 2.45) is 0 Å². The second-order valence-corrected chi connectivity index (χ2v) is 7.53. The zero-order valence-electron chi connectivity index (χ0n) is 12.5. The van der Waals surface area contributed by atoms with Crippen LogP contribution in [-0.2, 0) is 0 Å². The molecule has 24 heavy (non-hydrogen) atoms. The predicted molar refractivity (Wildman–Crippen MR) is 100 cm³/mol. The van der Waals surface area contributed by atoms with Gasteiger partial charge < -0.3 is 0 Å². The molecule has 0 spiro atoms. The van der Waals surface area contributed by atoms with E-state index in [1.807, 2.05) is 60.7 Å². The van der Waals surface area contributed by atoms with Crippen molar-refractivity contribution in [3.8, 4) is 34.4 Å². The van der Waals surface area contributed by atoms with Gasteiger partial charge in [-0.25, -0.2) is 0 Å². The van der Waals surface area contributed by atoms with Crippen molar-refractivity contribution < 1.29 is 0 Å². The monoisotopic (exact) mass is 342 g/mol. The topological polar surface area (TPSA) is 47.6 Å². The van der Waals surface area contributed by atoms with Crippen LogP contribution in [0.5, 0.6) is 0 Å². The van der Waals surface area contributed by atoms with E-state index in [-0.39, 0.29) is 0 Å². The quantitative estimate of drug-likeness (QED) is 0.446. The summed E-state index contributed by atoms with van der Waals surface area (Å²) in [5.74, 6) is 0. The first-order chi connectivity index (χ1) is 11.8. The van der Waals surface area contributed by atoms with Gasteiger partial charge in [-0.15, -0.1) is 22.7 Å². The summed E-state index contributed by atoms with van der Waals surface area (Å²) in [6.07, 6.45) is 0. The number of nitriles is 2. The maximum atomic E-state index is 9.59. The SMILES string of the molecule is N#Cc1sc2sc(C#N)c(-c3ccccc3)c2c1-c1ccccc1. The van der Waals surface area contributed by atoms with Crippen LogP contribution < -0.4 is 0 Å². The minimum absolute atomic E-state index is 0.698. The number of nitrogens with zero attached hydrogens (tertiary/aromatic N) is 2. The molecule has 2 aromatic carbocycles. The normalized spacial score (nSPS) is 10.4. The Kier molecular flexibility index (Phi) is 3.63. The van der Waals surface area contributed by atoms with Gasteiger partial charge >= 0.3 is 0 Å². The highest BCUT2D eigenvalue weighted by atomic mass is 32.2. The summed E-state index contributed by atoms with van der Waals surface area (Å²) in [7, 11) is 0. The van der Waals surface area contributed by atoms with Crippen LogP contribution in [0.15, 0.2) is 60.7 Å². The predicted octanol–water partition coefficient (Wildman–Crippen LogP) is 6.04. The molecule has 0 aliphatic carbocycles. The fraction of sp³-hybridized carbons (Fsp3) is 0. The van der Waals surface area contributed by atoms with E-state index in [2.05, 4.69) is 12.1 Å². The Balaban J connectivity index is 2.15. The second-order valence-electron chi connectivity index (χ2n) is 5.23. The number of hydrogen-bond acceptors (Lipinski definition) is 4. The lowest BCUT2D eigenvalue weighted by Gasteiger charge is -2.04. The molecule has 0 saturated heterocycles. The summed E-state index contributed by atoms with van der Waals surface area (Å²) >= 11 is 2.94. The Morgan fingerprint density at radius 3 is 1.42 bits per heavy atom. The van der Waals surface area contributed by atoms with Crippen LogP contribution >= 0.6 is 22.7 Å². The smallest absolute Gasteiger partial charge is 0.114 e. The average Bonchev–Trinajstić information content (AvgIpc) is 3.18. The molecule has 0 fully saturated rings. The first kappa shape index (κ1) is 14.7. The molecule has 2 heterocycles. The number of thiophene rings is 2. The summed E-state index contributed by atoms with van der Waals surface area (Å²) in [6.45, 7) is 0. The fourth-order valence-electron chi connectivity index (χ4n) is 2.88. The average molecular weight is 342 g/mol. The Hall–Kier alpha value is -2.92. The van der Waals surface area contributed by atoms with E-state index in [1.165, 1.54) is 22.7 Å². The van der Waals surface area contributed by atoms with Crippen molar-refractivity contribution in [3.63, 3.8) is 0 Å². The maximum Gasteiger partial charge on any atom is 0.114 e. The van der Waals surface area contributed by atoms with Crippen molar-refractivity contribution >= 4 is 32.1 Å². The molecule has 0 radical (unpaired) electrons. The Labute approximate surface area is 147 Å². The maximum absolute atomic E-state index is 9.59. The van der Waals surface area contributed by atoms with Crippen molar-refractivity contribution in [2.45, 2.75) is 0 Å². The highest BCUT2D eigenvalue weighted by Gasteiger charge is 2.23. The van der Waals surface area contributed by atoms with Crippen LogP contribution in [0.3, 0.4) is 0 Å². The molecule has 0 aliphatic rings. The van der Waals surface area contributed by atoms with Crippen LogP contribution in [0.1, 0.15) is 9.75 Å². The van der Waals surface area contributed by atoms with Gasteiger partial charge in [-0.3, -0.25) is 0 Å². The van der Waals surface area contributed by atoms with Gasteiger partial charge in [-0.1, -0.05) is 60.7 Å². The van der Waals surface area contributed by atoms with E-state index in [9.17, 15) is 10.5 Å². The van der Waals surface area contributed by atoms with Gasteiger partial charge in [0, 0.05) is 16.5 Å². The van der Waals surface area contributed by atoms with Gasteiger partial charge in [0.05, 0.1) is 4.01 Å². The minimum Gasteiger partial charge on any atom is -0.192 e. The van der Waals surface area contributed by atoms with Crippen LogP contribution in [0.25, 0.3) is 31.7 Å². The van der Waals surface area contributed by atoms with Gasteiger partial charge in [-0.05, 0) is 11.1 Å². The molecule has 0 unspecified atom stereocenters. The fourth-order valence-corrected chi connectivity index (χ4v) is 5.27. The first-order valence-corrected chi connectivity index (χ1v) is 8.97. The van der Waals surface area contributed by atoms with Crippen molar-refractivity contribution in [1.82, 2.24) is 0 Å². The zero-order valence-corrected chi connectivity index (χ0v) is 14.1. The molecule has 0 amide bonds. The summed E-state index contributed by atoms with van der Waals surface area (Å²) < 4.78 is 1.03. The second kappa shape index (κ2) is 5.94. The van der Waals surface area contributed by atoms with E-state index < -0.39 is 0 Å². The molecule has 2 nitrogen and oxygen atoms in total. The molecule has 0 bridgehead atoms. The third kappa shape index (κ3) is 2.21. The summed E-state index contributed by atoms with van der Waals surface area (Å²) in [4.78, 5) is 1.40. The van der Waals surface area contributed by atoms with Crippen LogP contribution in [0.4, 0.5) is 0 Å². The highest BCUT2D eigenvalue weighted by molar-refractivity contribution is 7.39. The van der Waals surface area contributed by atoms with Crippen molar-refractivity contribution in [3.05, 3.63) is 70.4 Å².